The van der Waals surface area contributed by atoms with Crippen LogP contribution in [0, 0.1) is 0 Å². The molecule has 3 rings (SSSR count). The van der Waals surface area contributed by atoms with Crippen LogP contribution in [-0.2, 0) is 7.05 Å². The van der Waals surface area contributed by atoms with E-state index in [2.05, 4.69) is 0 Å². The molecule has 2 aromatic carbocycles. The van der Waals surface area contributed by atoms with Gasteiger partial charge in [0.15, 0.2) is 0 Å². The van der Waals surface area contributed by atoms with E-state index in [-0.39, 0.29) is 5.56 Å². The first-order valence-corrected chi connectivity index (χ1v) is 7.24. The van der Waals surface area contributed by atoms with E-state index in [1.165, 1.54) is 0 Å². The predicted molar refractivity (Wildman–Crippen MR) is 89.6 cm³/mol. The predicted octanol–water partition coefficient (Wildman–Crippen LogP) is 3.10. The van der Waals surface area contributed by atoms with Gasteiger partial charge in [-0.3, -0.25) is 4.79 Å². The van der Waals surface area contributed by atoms with Crippen LogP contribution in [0.25, 0.3) is 11.3 Å². The molecule has 1 aromatic heterocycles. The Kier molecular flexibility index (Phi) is 3.90. The number of nitrogens with two attached hydrogens (primary N) is 1. The van der Waals surface area contributed by atoms with Gasteiger partial charge in [-0.2, -0.15) is 0 Å². The topological polar surface area (TPSA) is 48.0 Å². The van der Waals surface area contributed by atoms with E-state index in [1.54, 1.807) is 11.6 Å². The quantitative estimate of drug-likeness (QED) is 0.805. The Hall–Kier alpha value is -2.65. The monoisotopic (exact) mass is 290 g/mol. The van der Waals surface area contributed by atoms with Gasteiger partial charge in [-0.05, 0) is 23.3 Å². The van der Waals surface area contributed by atoms with Crippen LogP contribution < -0.4 is 11.3 Å². The van der Waals surface area contributed by atoms with Gasteiger partial charge in [0.25, 0.3) is 5.56 Å². The lowest BCUT2D eigenvalue weighted by Crippen LogP contribution is -2.27. The van der Waals surface area contributed by atoms with Gasteiger partial charge < -0.3 is 10.3 Å². The maximum absolute atomic E-state index is 12.7. The summed E-state index contributed by atoms with van der Waals surface area (Å²) in [4.78, 5) is 12.7. The van der Waals surface area contributed by atoms with Crippen LogP contribution in [0.5, 0.6) is 0 Å². The zero-order chi connectivity index (χ0) is 15.5. The molecule has 0 aliphatic heterocycles. The second-order valence-corrected chi connectivity index (χ2v) is 5.29. The molecule has 0 aliphatic rings. The van der Waals surface area contributed by atoms with Gasteiger partial charge in [0.1, 0.15) is 0 Å². The third kappa shape index (κ3) is 2.59. The summed E-state index contributed by atoms with van der Waals surface area (Å²) in [5, 5.41) is 0. The first-order chi connectivity index (χ1) is 10.7. The molecule has 110 valence electrons. The highest BCUT2D eigenvalue weighted by atomic mass is 16.1. The zero-order valence-corrected chi connectivity index (χ0v) is 12.4. The third-order valence-corrected chi connectivity index (χ3v) is 3.90. The molecule has 0 spiro atoms. The van der Waals surface area contributed by atoms with Crippen molar-refractivity contribution in [2.45, 2.75) is 6.04 Å². The molecule has 0 bridgehead atoms. The van der Waals surface area contributed by atoms with Crippen LogP contribution in [0.3, 0.4) is 0 Å². The molecule has 0 radical (unpaired) electrons. The number of hydrogen-bond acceptors (Lipinski definition) is 2. The minimum atomic E-state index is -0.412. The zero-order valence-electron chi connectivity index (χ0n) is 12.4. The Morgan fingerprint density at radius 2 is 1.45 bits per heavy atom. The molecule has 22 heavy (non-hydrogen) atoms. The van der Waals surface area contributed by atoms with Crippen LogP contribution in [-0.4, -0.2) is 4.57 Å². The highest BCUT2D eigenvalue weighted by molar-refractivity contribution is 5.59. The van der Waals surface area contributed by atoms with Crippen molar-refractivity contribution in [3.63, 3.8) is 0 Å². The minimum Gasteiger partial charge on any atom is -0.320 e. The van der Waals surface area contributed by atoms with Gasteiger partial charge in [-0.15, -0.1) is 0 Å². The lowest BCUT2D eigenvalue weighted by atomic mass is 10.00. The molecular formula is C19H18N2O. The molecule has 3 nitrogen and oxygen atoms in total. The van der Waals surface area contributed by atoms with Crippen LogP contribution >= 0.6 is 0 Å². The normalized spacial score (nSPS) is 12.1. The third-order valence-electron chi connectivity index (χ3n) is 3.90. The van der Waals surface area contributed by atoms with Crippen LogP contribution in [0.2, 0.25) is 0 Å². The van der Waals surface area contributed by atoms with Crippen molar-refractivity contribution in [1.82, 2.24) is 4.57 Å². The molecule has 0 saturated carbocycles. The molecule has 0 aliphatic carbocycles. The van der Waals surface area contributed by atoms with E-state index in [1.807, 2.05) is 72.8 Å². The number of hydrogen-bond donors (Lipinski definition) is 1. The Labute approximate surface area is 129 Å². The van der Waals surface area contributed by atoms with E-state index in [0.717, 1.165) is 16.8 Å². The molecule has 0 saturated heterocycles. The average Bonchev–Trinajstić information content (AvgIpc) is 2.58. The van der Waals surface area contributed by atoms with Crippen molar-refractivity contribution in [1.29, 1.82) is 0 Å². The van der Waals surface area contributed by atoms with Gasteiger partial charge in [0, 0.05) is 12.6 Å². The number of pyridine rings is 1. The summed E-state index contributed by atoms with van der Waals surface area (Å²) >= 11 is 0. The fourth-order valence-electron chi connectivity index (χ4n) is 2.63. The van der Waals surface area contributed by atoms with Crippen molar-refractivity contribution < 1.29 is 0 Å². The Balaban J connectivity index is 2.06. The second-order valence-electron chi connectivity index (χ2n) is 5.29. The molecule has 1 heterocycles. The van der Waals surface area contributed by atoms with Crippen molar-refractivity contribution in [3.05, 3.63) is 94.3 Å². The first-order valence-electron chi connectivity index (χ1n) is 7.24. The lowest BCUT2D eigenvalue weighted by Gasteiger charge is -2.15. The molecule has 1 atom stereocenters. The molecule has 2 N–H and O–H groups in total. The van der Waals surface area contributed by atoms with Gasteiger partial charge in [0.2, 0.25) is 0 Å². The van der Waals surface area contributed by atoms with E-state index in [9.17, 15) is 4.79 Å². The number of nitrogens with zero attached hydrogens (tertiary/aromatic N) is 1. The minimum absolute atomic E-state index is 0.0577. The summed E-state index contributed by atoms with van der Waals surface area (Å²) < 4.78 is 1.66. The van der Waals surface area contributed by atoms with E-state index in [0.29, 0.717) is 5.56 Å². The number of benzene rings is 2. The average molecular weight is 290 g/mol. The Morgan fingerprint density at radius 1 is 0.864 bits per heavy atom. The second kappa shape index (κ2) is 6.00. The highest BCUT2D eigenvalue weighted by Gasteiger charge is 2.15. The molecular weight excluding hydrogens is 272 g/mol. The van der Waals surface area contributed by atoms with Crippen molar-refractivity contribution >= 4 is 0 Å². The van der Waals surface area contributed by atoms with E-state index in [4.69, 9.17) is 5.73 Å². The Morgan fingerprint density at radius 3 is 2.09 bits per heavy atom. The maximum atomic E-state index is 12.7. The van der Waals surface area contributed by atoms with Gasteiger partial charge in [-0.25, -0.2) is 0 Å². The molecule has 3 heteroatoms. The van der Waals surface area contributed by atoms with Gasteiger partial charge >= 0.3 is 0 Å². The molecule has 0 fully saturated rings. The molecule has 1 unspecified atom stereocenters. The largest absolute Gasteiger partial charge is 0.320 e. The van der Waals surface area contributed by atoms with Gasteiger partial charge in [-0.1, -0.05) is 60.7 Å². The fraction of sp³-hybridized carbons (Fsp3) is 0.105. The number of rotatable bonds is 3. The highest BCUT2D eigenvalue weighted by Crippen LogP contribution is 2.21. The maximum Gasteiger partial charge on any atom is 0.255 e. The first kappa shape index (κ1) is 14.3. The van der Waals surface area contributed by atoms with E-state index >= 15 is 0 Å². The summed E-state index contributed by atoms with van der Waals surface area (Å²) in [6, 6.07) is 22.9. The lowest BCUT2D eigenvalue weighted by molar-refractivity contribution is 0.790. The Bertz CT molecular complexity index is 823. The summed E-state index contributed by atoms with van der Waals surface area (Å²) in [6.45, 7) is 0. The fourth-order valence-corrected chi connectivity index (χ4v) is 2.63. The van der Waals surface area contributed by atoms with Crippen LogP contribution in [0.1, 0.15) is 17.2 Å². The summed E-state index contributed by atoms with van der Waals surface area (Å²) in [5.74, 6) is 0. The SMILES string of the molecule is Cn1c(-c2ccccc2)ccc(C(N)c2ccccc2)c1=O. The standard InChI is InChI=1S/C19H18N2O/c1-21-17(14-8-4-2-5-9-14)13-12-16(19(21)22)18(20)15-10-6-3-7-11-15/h2-13,18H,20H2,1H3. The molecule has 3 aromatic rings. The van der Waals surface area contributed by atoms with Crippen molar-refractivity contribution in [3.8, 4) is 11.3 Å². The summed E-state index contributed by atoms with van der Waals surface area (Å²) in [5.41, 5.74) is 9.65. The smallest absolute Gasteiger partial charge is 0.255 e. The number of aromatic nitrogens is 1. The van der Waals surface area contributed by atoms with Gasteiger partial charge in [0.05, 0.1) is 11.7 Å². The van der Waals surface area contributed by atoms with Crippen molar-refractivity contribution in [2.75, 3.05) is 0 Å². The van der Waals surface area contributed by atoms with Crippen molar-refractivity contribution in [2.24, 2.45) is 12.8 Å². The van der Waals surface area contributed by atoms with E-state index < -0.39 is 6.04 Å². The molecule has 0 amide bonds. The summed E-state index contributed by atoms with van der Waals surface area (Å²) in [6.07, 6.45) is 0. The summed E-state index contributed by atoms with van der Waals surface area (Å²) in [7, 11) is 1.78. The van der Waals surface area contributed by atoms with Crippen LogP contribution in [0.4, 0.5) is 0 Å². The van der Waals surface area contributed by atoms with Crippen LogP contribution in [0.15, 0.2) is 77.6 Å².